The van der Waals surface area contributed by atoms with E-state index in [9.17, 15) is 36.5 Å². The van der Waals surface area contributed by atoms with Gasteiger partial charge in [-0.3, -0.25) is 19.6 Å². The maximum Gasteiger partial charge on any atom is 0.416 e. The molecule has 0 aliphatic heterocycles. The lowest BCUT2D eigenvalue weighted by Crippen LogP contribution is -2.19. The average molecular weight is 492 g/mol. The summed E-state index contributed by atoms with van der Waals surface area (Å²) in [5.41, 5.74) is 0.584. The Morgan fingerprint density at radius 3 is 2.41 bits per heavy atom. The van der Waals surface area contributed by atoms with Crippen molar-refractivity contribution in [3.63, 3.8) is 0 Å². The number of nitrogens with one attached hydrogen (secondary N) is 2. The van der Waals surface area contributed by atoms with E-state index in [-0.39, 0.29) is 27.4 Å². The van der Waals surface area contributed by atoms with Gasteiger partial charge in [-0.25, -0.2) is 13.8 Å². The van der Waals surface area contributed by atoms with Crippen LogP contribution in [0.1, 0.15) is 21.5 Å². The van der Waals surface area contributed by atoms with Gasteiger partial charge < -0.3 is 0 Å². The van der Waals surface area contributed by atoms with Crippen molar-refractivity contribution in [3.8, 4) is 0 Å². The number of nitrogens with zero attached hydrogens (tertiary/aromatic N) is 2. The number of hydrazone groups is 1. The van der Waals surface area contributed by atoms with Crippen LogP contribution in [0.5, 0.6) is 0 Å². The molecule has 2 N–H and O–H groups in total. The van der Waals surface area contributed by atoms with Crippen LogP contribution in [-0.2, 0) is 16.2 Å². The molecule has 0 bridgehead atoms. The molecule has 13 heteroatoms. The number of nitro groups is 1. The first kappa shape index (κ1) is 24.4. The van der Waals surface area contributed by atoms with E-state index in [4.69, 9.17) is 0 Å². The Kier molecular flexibility index (Phi) is 6.96. The minimum Gasteiger partial charge on any atom is -0.280 e. The summed E-state index contributed by atoms with van der Waals surface area (Å²) in [4.78, 5) is 22.4. The third kappa shape index (κ3) is 5.95. The van der Waals surface area contributed by atoms with Gasteiger partial charge in [-0.1, -0.05) is 24.3 Å². The molecule has 3 aromatic rings. The fourth-order valence-corrected chi connectivity index (χ4v) is 3.86. The number of hydrogen-bond acceptors (Lipinski definition) is 6. The van der Waals surface area contributed by atoms with Gasteiger partial charge in [-0.2, -0.15) is 18.3 Å². The average Bonchev–Trinajstić information content (AvgIpc) is 2.78. The van der Waals surface area contributed by atoms with Crippen molar-refractivity contribution in [3.05, 3.63) is 99.6 Å². The van der Waals surface area contributed by atoms with E-state index in [2.05, 4.69) is 10.5 Å². The number of hydrogen-bond donors (Lipinski definition) is 2. The van der Waals surface area contributed by atoms with E-state index in [1.807, 2.05) is 4.72 Å². The first-order valence-corrected chi connectivity index (χ1v) is 10.8. The molecule has 0 radical (unpaired) electrons. The van der Waals surface area contributed by atoms with Crippen LogP contribution in [0.4, 0.5) is 24.5 Å². The number of amides is 1. The van der Waals surface area contributed by atoms with E-state index >= 15 is 0 Å². The summed E-state index contributed by atoms with van der Waals surface area (Å²) in [6.45, 7) is 0. The summed E-state index contributed by atoms with van der Waals surface area (Å²) < 4.78 is 65.9. The van der Waals surface area contributed by atoms with Crippen molar-refractivity contribution in [1.29, 1.82) is 0 Å². The molecule has 0 unspecified atom stereocenters. The number of anilines is 1. The SMILES string of the molecule is O=C(N/N=C/c1ccccc1[N+](=O)[O-])c1cccc(S(=O)(=O)Nc2cccc(C(F)(F)F)c2)c1. The third-order valence-corrected chi connectivity index (χ3v) is 5.73. The van der Waals surface area contributed by atoms with Crippen molar-refractivity contribution >= 4 is 33.5 Å². The lowest BCUT2D eigenvalue weighted by molar-refractivity contribution is -0.385. The van der Waals surface area contributed by atoms with Gasteiger partial charge in [0, 0.05) is 17.3 Å². The normalized spacial score (nSPS) is 11.9. The molecule has 34 heavy (non-hydrogen) atoms. The molecule has 9 nitrogen and oxygen atoms in total. The Bertz CT molecular complexity index is 1370. The minimum absolute atomic E-state index is 0.119. The molecule has 0 saturated heterocycles. The molecule has 3 aromatic carbocycles. The van der Waals surface area contributed by atoms with Crippen LogP contribution >= 0.6 is 0 Å². The van der Waals surface area contributed by atoms with E-state index in [0.29, 0.717) is 6.07 Å². The fraction of sp³-hybridized carbons (Fsp3) is 0.0476. The zero-order valence-electron chi connectivity index (χ0n) is 17.0. The zero-order valence-corrected chi connectivity index (χ0v) is 17.8. The molecular formula is C21H15F3N4O5S. The highest BCUT2D eigenvalue weighted by atomic mass is 32.2. The van der Waals surface area contributed by atoms with Crippen molar-refractivity contribution in [2.24, 2.45) is 5.10 Å². The number of benzene rings is 3. The van der Waals surface area contributed by atoms with Gasteiger partial charge in [0.25, 0.3) is 21.6 Å². The Morgan fingerprint density at radius 2 is 1.71 bits per heavy atom. The lowest BCUT2D eigenvalue weighted by Gasteiger charge is -2.12. The van der Waals surface area contributed by atoms with Crippen LogP contribution in [0, 0.1) is 10.1 Å². The quantitative estimate of drug-likeness (QED) is 0.290. The van der Waals surface area contributed by atoms with Crippen LogP contribution in [0.3, 0.4) is 0 Å². The van der Waals surface area contributed by atoms with E-state index in [1.54, 1.807) is 6.07 Å². The predicted octanol–water partition coefficient (Wildman–Crippen LogP) is 4.18. The summed E-state index contributed by atoms with van der Waals surface area (Å²) in [5.74, 6) is -0.814. The Balaban J connectivity index is 1.76. The van der Waals surface area contributed by atoms with Gasteiger partial charge in [0.05, 0.1) is 27.2 Å². The van der Waals surface area contributed by atoms with Crippen LogP contribution in [0.25, 0.3) is 0 Å². The highest BCUT2D eigenvalue weighted by Crippen LogP contribution is 2.31. The summed E-state index contributed by atoms with van der Waals surface area (Å²) in [6.07, 6.45) is -3.59. The second-order valence-electron chi connectivity index (χ2n) is 6.73. The van der Waals surface area contributed by atoms with E-state index in [0.717, 1.165) is 36.5 Å². The first-order chi connectivity index (χ1) is 16.0. The Morgan fingerprint density at radius 1 is 1.00 bits per heavy atom. The molecule has 0 aliphatic rings. The van der Waals surface area contributed by atoms with Crippen LogP contribution in [0.15, 0.2) is 82.8 Å². The van der Waals surface area contributed by atoms with Crippen molar-refractivity contribution < 1.29 is 31.3 Å². The van der Waals surface area contributed by atoms with Gasteiger partial charge in [0.15, 0.2) is 0 Å². The van der Waals surface area contributed by atoms with Gasteiger partial charge >= 0.3 is 6.18 Å². The first-order valence-electron chi connectivity index (χ1n) is 9.34. The number of carbonyl (C=O) groups excluding carboxylic acids is 1. The molecule has 0 spiro atoms. The monoisotopic (exact) mass is 492 g/mol. The molecule has 3 rings (SSSR count). The molecule has 0 aliphatic carbocycles. The molecule has 0 saturated carbocycles. The maximum atomic E-state index is 12.9. The van der Waals surface area contributed by atoms with E-state index in [1.165, 1.54) is 30.3 Å². The zero-order chi connectivity index (χ0) is 24.9. The van der Waals surface area contributed by atoms with Crippen molar-refractivity contribution in [2.45, 2.75) is 11.1 Å². The highest BCUT2D eigenvalue weighted by molar-refractivity contribution is 7.92. The summed E-state index contributed by atoms with van der Waals surface area (Å²) in [7, 11) is -4.32. The Hall–Kier alpha value is -4.26. The number of carbonyl (C=O) groups is 1. The number of rotatable bonds is 7. The van der Waals surface area contributed by atoms with Crippen molar-refractivity contribution in [1.82, 2.24) is 5.43 Å². The number of sulfonamides is 1. The molecule has 0 heterocycles. The van der Waals surface area contributed by atoms with Gasteiger partial charge in [0.1, 0.15) is 0 Å². The van der Waals surface area contributed by atoms with E-state index < -0.39 is 32.6 Å². The summed E-state index contributed by atoms with van der Waals surface area (Å²) in [6, 6.07) is 14.1. The van der Waals surface area contributed by atoms with Gasteiger partial charge in [-0.15, -0.1) is 0 Å². The highest BCUT2D eigenvalue weighted by Gasteiger charge is 2.30. The minimum atomic E-state index is -4.65. The maximum absolute atomic E-state index is 12.9. The Labute approximate surface area is 191 Å². The molecular weight excluding hydrogens is 477 g/mol. The number of para-hydroxylation sites is 1. The molecule has 0 atom stereocenters. The predicted molar refractivity (Wildman–Crippen MR) is 117 cm³/mol. The second kappa shape index (κ2) is 9.70. The van der Waals surface area contributed by atoms with Gasteiger partial charge in [0.2, 0.25) is 0 Å². The van der Waals surface area contributed by atoms with Crippen LogP contribution in [-0.4, -0.2) is 25.5 Å². The third-order valence-electron chi connectivity index (χ3n) is 4.35. The lowest BCUT2D eigenvalue weighted by atomic mass is 10.2. The summed E-state index contributed by atoms with van der Waals surface area (Å²) >= 11 is 0. The van der Waals surface area contributed by atoms with Crippen molar-refractivity contribution in [2.75, 3.05) is 4.72 Å². The molecule has 1 amide bonds. The van der Waals surface area contributed by atoms with Gasteiger partial charge in [-0.05, 0) is 42.5 Å². The largest absolute Gasteiger partial charge is 0.416 e. The number of nitro benzene ring substituents is 1. The standard InChI is InChI=1S/C21H15F3N4O5S/c22-21(23,24)16-7-4-8-17(12-16)27-34(32,33)18-9-3-6-14(11-18)20(29)26-25-13-15-5-1-2-10-19(15)28(30)31/h1-13,27H,(H,26,29)/b25-13+. The van der Waals surface area contributed by atoms with Crippen LogP contribution in [0.2, 0.25) is 0 Å². The smallest absolute Gasteiger partial charge is 0.280 e. The molecule has 0 fully saturated rings. The van der Waals surface area contributed by atoms with Crippen LogP contribution < -0.4 is 10.1 Å². The second-order valence-corrected chi connectivity index (χ2v) is 8.41. The number of halogens is 3. The fourth-order valence-electron chi connectivity index (χ4n) is 2.77. The molecule has 0 aromatic heterocycles. The number of alkyl halides is 3. The molecule has 176 valence electrons. The topological polar surface area (TPSA) is 131 Å². The summed E-state index contributed by atoms with van der Waals surface area (Å²) in [5, 5.41) is 14.7.